The van der Waals surface area contributed by atoms with Crippen LogP contribution in [-0.2, 0) is 11.3 Å². The van der Waals surface area contributed by atoms with E-state index >= 15 is 0 Å². The lowest BCUT2D eigenvalue weighted by molar-refractivity contribution is -0.135. The van der Waals surface area contributed by atoms with Crippen LogP contribution in [0.4, 0.5) is 0 Å². The fourth-order valence-corrected chi connectivity index (χ4v) is 4.98. The lowest BCUT2D eigenvalue weighted by atomic mass is 9.88. The Morgan fingerprint density at radius 1 is 1.19 bits per heavy atom. The second-order valence-electron chi connectivity index (χ2n) is 7.83. The molecule has 0 radical (unpaired) electrons. The van der Waals surface area contributed by atoms with Gasteiger partial charge in [-0.05, 0) is 43.7 Å². The molecule has 27 heavy (non-hydrogen) atoms. The number of aliphatic hydroxyl groups is 1. The molecule has 1 aromatic rings. The number of rotatable bonds is 4. The number of hydrogen-bond acceptors (Lipinski definition) is 5. The molecule has 0 aliphatic carbocycles. The van der Waals surface area contributed by atoms with Crippen molar-refractivity contribution in [2.24, 2.45) is 5.92 Å². The number of piperidine rings is 1. The largest absolute Gasteiger partial charge is 0.496 e. The molecule has 3 aliphatic rings. The summed E-state index contributed by atoms with van der Waals surface area (Å²) >= 11 is 0. The van der Waals surface area contributed by atoms with Crippen LogP contribution in [0.25, 0.3) is 0 Å². The van der Waals surface area contributed by atoms with E-state index in [2.05, 4.69) is 5.32 Å². The van der Waals surface area contributed by atoms with E-state index in [9.17, 15) is 9.90 Å². The summed E-state index contributed by atoms with van der Waals surface area (Å²) in [4.78, 5) is 14.7. The summed E-state index contributed by atoms with van der Waals surface area (Å²) in [6.45, 7) is 0.774. The topological polar surface area (TPSA) is 71.0 Å². The third kappa shape index (κ3) is 3.89. The Balaban J connectivity index is 0.00000210. The van der Waals surface area contributed by atoms with E-state index in [-0.39, 0.29) is 18.3 Å². The van der Waals surface area contributed by atoms with Crippen molar-refractivity contribution in [2.45, 2.75) is 56.8 Å². The molecule has 2 saturated heterocycles. The van der Waals surface area contributed by atoms with Gasteiger partial charge in [-0.25, -0.2) is 0 Å². The van der Waals surface area contributed by atoms with E-state index in [1.54, 1.807) is 19.1 Å². The van der Waals surface area contributed by atoms with Gasteiger partial charge < -0.3 is 24.8 Å². The summed E-state index contributed by atoms with van der Waals surface area (Å²) < 4.78 is 10.9. The van der Waals surface area contributed by atoms with Gasteiger partial charge in [-0.15, -0.1) is 12.4 Å². The minimum absolute atomic E-state index is 0. The van der Waals surface area contributed by atoms with Crippen LogP contribution in [0.1, 0.15) is 49.3 Å². The maximum atomic E-state index is 12.9. The molecule has 3 atom stereocenters. The summed E-state index contributed by atoms with van der Waals surface area (Å²) in [7, 11) is 3.21. The fourth-order valence-electron chi connectivity index (χ4n) is 4.98. The van der Waals surface area contributed by atoms with Crippen LogP contribution in [0.2, 0.25) is 0 Å². The Labute approximate surface area is 166 Å². The number of methoxy groups -OCH3 is 2. The fraction of sp³-hybridized carbons (Fsp3) is 0.650. The molecule has 2 fully saturated rings. The SMILES string of the molecule is COc1ccc(OC)c2c1CN(C(=O)CC1CC3CCC(C1)N3)CC2O.Cl. The quantitative estimate of drug-likeness (QED) is 0.817. The number of halogens is 1. The minimum atomic E-state index is -0.753. The van der Waals surface area contributed by atoms with Crippen molar-refractivity contribution in [3.63, 3.8) is 0 Å². The highest BCUT2D eigenvalue weighted by molar-refractivity contribution is 5.85. The summed E-state index contributed by atoms with van der Waals surface area (Å²) in [6, 6.07) is 4.82. The number of nitrogens with one attached hydrogen (secondary N) is 1. The molecule has 1 amide bonds. The number of benzene rings is 1. The van der Waals surface area contributed by atoms with E-state index in [0.29, 0.717) is 49.0 Å². The van der Waals surface area contributed by atoms with Crippen LogP contribution in [0, 0.1) is 5.92 Å². The molecule has 2 N–H and O–H groups in total. The molecule has 3 unspecified atom stereocenters. The molecule has 0 spiro atoms. The first-order chi connectivity index (χ1) is 12.6. The summed E-state index contributed by atoms with van der Waals surface area (Å²) in [5.74, 6) is 1.92. The van der Waals surface area contributed by atoms with Gasteiger partial charge in [0, 0.05) is 36.2 Å². The number of ether oxygens (including phenoxy) is 2. The van der Waals surface area contributed by atoms with E-state index in [4.69, 9.17) is 9.47 Å². The summed E-state index contributed by atoms with van der Waals surface area (Å²) in [5.41, 5.74) is 1.60. The molecule has 1 aromatic carbocycles. The first kappa shape index (κ1) is 20.2. The van der Waals surface area contributed by atoms with Gasteiger partial charge in [-0.3, -0.25) is 4.79 Å². The highest BCUT2D eigenvalue weighted by Crippen LogP contribution is 2.40. The van der Waals surface area contributed by atoms with Crippen LogP contribution in [-0.4, -0.2) is 48.8 Å². The van der Waals surface area contributed by atoms with Gasteiger partial charge in [-0.1, -0.05) is 0 Å². The van der Waals surface area contributed by atoms with Gasteiger partial charge in [0.2, 0.25) is 5.91 Å². The van der Waals surface area contributed by atoms with Gasteiger partial charge >= 0.3 is 0 Å². The highest BCUT2D eigenvalue weighted by atomic mass is 35.5. The summed E-state index contributed by atoms with van der Waals surface area (Å²) in [6.07, 6.45) is 4.48. The average Bonchev–Trinajstić information content (AvgIpc) is 2.98. The number of carbonyl (C=O) groups excluding carboxylic acids is 1. The van der Waals surface area contributed by atoms with E-state index in [0.717, 1.165) is 24.0 Å². The van der Waals surface area contributed by atoms with Crippen molar-refractivity contribution >= 4 is 18.3 Å². The predicted molar refractivity (Wildman–Crippen MR) is 104 cm³/mol. The molecular weight excluding hydrogens is 368 g/mol. The third-order valence-corrected chi connectivity index (χ3v) is 6.18. The molecule has 4 rings (SSSR count). The third-order valence-electron chi connectivity index (χ3n) is 6.18. The molecule has 2 bridgehead atoms. The molecule has 7 heteroatoms. The van der Waals surface area contributed by atoms with Crippen molar-refractivity contribution in [3.8, 4) is 11.5 Å². The standard InChI is InChI=1S/C20H28N2O4.ClH/c1-25-17-5-6-18(26-2)20-15(17)10-22(11-16(20)23)19(24)9-12-7-13-3-4-14(8-12)21-13;/h5-6,12-14,16,21,23H,3-4,7-11H2,1-2H3;1H. The van der Waals surface area contributed by atoms with Crippen LogP contribution >= 0.6 is 12.4 Å². The highest BCUT2D eigenvalue weighted by Gasteiger charge is 2.36. The van der Waals surface area contributed by atoms with E-state index < -0.39 is 6.10 Å². The van der Waals surface area contributed by atoms with Crippen molar-refractivity contribution < 1.29 is 19.4 Å². The average molecular weight is 397 g/mol. The predicted octanol–water partition coefficient (Wildman–Crippen LogP) is 2.42. The lowest BCUT2D eigenvalue weighted by Crippen LogP contribution is -2.42. The van der Waals surface area contributed by atoms with Crippen molar-refractivity contribution in [1.82, 2.24) is 10.2 Å². The van der Waals surface area contributed by atoms with Gasteiger partial charge in [-0.2, -0.15) is 0 Å². The van der Waals surface area contributed by atoms with Crippen molar-refractivity contribution in [1.29, 1.82) is 0 Å². The Morgan fingerprint density at radius 2 is 1.81 bits per heavy atom. The smallest absolute Gasteiger partial charge is 0.223 e. The zero-order chi connectivity index (χ0) is 18.3. The van der Waals surface area contributed by atoms with E-state index in [1.165, 1.54) is 12.8 Å². The van der Waals surface area contributed by atoms with Gasteiger partial charge in [0.1, 0.15) is 17.6 Å². The molecule has 0 aromatic heterocycles. The molecule has 0 saturated carbocycles. The molecule has 6 nitrogen and oxygen atoms in total. The Kier molecular flexibility index (Phi) is 6.18. The number of carbonyl (C=O) groups is 1. The van der Waals surface area contributed by atoms with Crippen LogP contribution < -0.4 is 14.8 Å². The number of nitrogens with zero attached hydrogens (tertiary/aromatic N) is 1. The zero-order valence-corrected chi connectivity index (χ0v) is 16.8. The maximum Gasteiger partial charge on any atom is 0.223 e. The molecule has 3 aliphatic heterocycles. The van der Waals surface area contributed by atoms with Crippen LogP contribution in [0.3, 0.4) is 0 Å². The molecule has 3 heterocycles. The van der Waals surface area contributed by atoms with Crippen LogP contribution in [0.15, 0.2) is 12.1 Å². The number of β-amino-alcohol motifs (C(OH)–C–C–N with tert-alkyl or cyclic N) is 1. The Morgan fingerprint density at radius 3 is 2.44 bits per heavy atom. The van der Waals surface area contributed by atoms with Gasteiger partial charge in [0.25, 0.3) is 0 Å². The van der Waals surface area contributed by atoms with Crippen molar-refractivity contribution in [2.75, 3.05) is 20.8 Å². The number of aliphatic hydroxyl groups excluding tert-OH is 1. The second-order valence-corrected chi connectivity index (χ2v) is 7.83. The summed E-state index contributed by atoms with van der Waals surface area (Å²) in [5, 5.41) is 14.3. The van der Waals surface area contributed by atoms with E-state index in [1.807, 2.05) is 12.1 Å². The Bertz CT molecular complexity index is 687. The van der Waals surface area contributed by atoms with Gasteiger partial charge in [0.15, 0.2) is 0 Å². The first-order valence-corrected chi connectivity index (χ1v) is 9.54. The minimum Gasteiger partial charge on any atom is -0.496 e. The normalized spacial score (nSPS) is 28.9. The second kappa shape index (κ2) is 8.25. The number of fused-ring (bicyclic) bond motifs is 3. The monoisotopic (exact) mass is 396 g/mol. The molecule has 150 valence electrons. The zero-order valence-electron chi connectivity index (χ0n) is 15.9. The van der Waals surface area contributed by atoms with Gasteiger partial charge in [0.05, 0.1) is 20.8 Å². The van der Waals surface area contributed by atoms with Crippen LogP contribution in [0.5, 0.6) is 11.5 Å². The first-order valence-electron chi connectivity index (χ1n) is 9.54. The number of amides is 1. The lowest BCUT2D eigenvalue weighted by Gasteiger charge is -2.36. The number of hydrogen-bond donors (Lipinski definition) is 2. The van der Waals surface area contributed by atoms with Crippen molar-refractivity contribution in [3.05, 3.63) is 23.3 Å². The maximum absolute atomic E-state index is 12.9. The Hall–Kier alpha value is -1.50. The molecular formula is C20H29ClN2O4.